The number of nitrogens with zero attached hydrogens (tertiary/aromatic N) is 2. The first-order chi connectivity index (χ1) is 10.3. The number of hydrogen-bond acceptors (Lipinski definition) is 1. The van der Waals surface area contributed by atoms with E-state index in [9.17, 15) is 0 Å². The smallest absolute Gasteiger partial charge is 0.0948 e. The molecule has 21 heavy (non-hydrogen) atoms. The van der Waals surface area contributed by atoms with Crippen molar-refractivity contribution in [1.82, 2.24) is 9.55 Å². The van der Waals surface area contributed by atoms with Crippen LogP contribution in [0, 0.1) is 5.92 Å². The quantitative estimate of drug-likeness (QED) is 0.573. The highest BCUT2D eigenvalue weighted by molar-refractivity contribution is 5.15. The van der Waals surface area contributed by atoms with Crippen LogP contribution in [0.2, 0.25) is 0 Å². The Morgan fingerprint density at radius 2 is 1.90 bits per heavy atom. The number of unbranched alkanes of at least 4 members (excludes halogenated alkanes) is 2. The second-order valence-corrected chi connectivity index (χ2v) is 5.93. The van der Waals surface area contributed by atoms with Crippen LogP contribution in [0.25, 0.3) is 0 Å². The van der Waals surface area contributed by atoms with Gasteiger partial charge in [-0.1, -0.05) is 63.4 Å². The molecule has 1 aromatic carbocycles. The number of imidazole rings is 1. The Bertz CT molecular complexity index is 476. The first-order valence-corrected chi connectivity index (χ1v) is 8.36. The van der Waals surface area contributed by atoms with Gasteiger partial charge in [-0.15, -0.1) is 0 Å². The third-order valence-corrected chi connectivity index (χ3v) is 4.39. The van der Waals surface area contributed by atoms with E-state index >= 15 is 0 Å². The Balaban J connectivity index is 2.10. The molecule has 2 rings (SSSR count). The van der Waals surface area contributed by atoms with Gasteiger partial charge in [0.1, 0.15) is 0 Å². The van der Waals surface area contributed by atoms with Crippen LogP contribution in [0.15, 0.2) is 49.1 Å². The SMILES string of the molecule is CCCCCC(Cc1ccccc1)C(CC)n1ccnc1. The minimum Gasteiger partial charge on any atom is -0.334 e. The van der Waals surface area contributed by atoms with Gasteiger partial charge in [0.2, 0.25) is 0 Å². The van der Waals surface area contributed by atoms with E-state index in [0.717, 1.165) is 0 Å². The molecule has 0 N–H and O–H groups in total. The van der Waals surface area contributed by atoms with E-state index in [4.69, 9.17) is 0 Å². The first kappa shape index (κ1) is 15.8. The lowest BCUT2D eigenvalue weighted by Crippen LogP contribution is -2.20. The second-order valence-electron chi connectivity index (χ2n) is 5.93. The summed E-state index contributed by atoms with van der Waals surface area (Å²) in [5.41, 5.74) is 1.46. The van der Waals surface area contributed by atoms with E-state index in [1.54, 1.807) is 0 Å². The van der Waals surface area contributed by atoms with Gasteiger partial charge in [-0.3, -0.25) is 0 Å². The summed E-state index contributed by atoms with van der Waals surface area (Å²) in [6, 6.07) is 11.5. The summed E-state index contributed by atoms with van der Waals surface area (Å²) in [5.74, 6) is 0.693. The number of benzene rings is 1. The molecule has 0 amide bonds. The molecule has 0 bridgehead atoms. The second kappa shape index (κ2) is 8.66. The number of aromatic nitrogens is 2. The lowest BCUT2D eigenvalue weighted by atomic mass is 9.86. The van der Waals surface area contributed by atoms with Crippen LogP contribution >= 0.6 is 0 Å². The highest BCUT2D eigenvalue weighted by Crippen LogP contribution is 2.30. The van der Waals surface area contributed by atoms with Gasteiger partial charge in [-0.2, -0.15) is 0 Å². The Hall–Kier alpha value is -1.57. The molecule has 0 radical (unpaired) electrons. The highest BCUT2D eigenvalue weighted by Gasteiger charge is 2.21. The van der Waals surface area contributed by atoms with Gasteiger partial charge in [0.05, 0.1) is 6.33 Å². The molecule has 0 aliphatic heterocycles. The zero-order valence-electron chi connectivity index (χ0n) is 13.4. The van der Waals surface area contributed by atoms with Gasteiger partial charge in [-0.25, -0.2) is 4.98 Å². The number of hydrogen-bond donors (Lipinski definition) is 0. The molecule has 1 heterocycles. The topological polar surface area (TPSA) is 17.8 Å². The third kappa shape index (κ3) is 4.73. The van der Waals surface area contributed by atoms with E-state index in [2.05, 4.69) is 59.9 Å². The summed E-state index contributed by atoms with van der Waals surface area (Å²) in [7, 11) is 0. The standard InChI is InChI=1S/C19H28N2/c1-3-5-7-12-18(15-17-10-8-6-9-11-17)19(4-2)21-14-13-20-16-21/h6,8-11,13-14,16,18-19H,3-5,7,12,15H2,1-2H3. The van der Waals surface area contributed by atoms with Crippen LogP contribution in [-0.4, -0.2) is 9.55 Å². The summed E-state index contributed by atoms with van der Waals surface area (Å²) < 4.78 is 2.31. The fourth-order valence-electron chi connectivity index (χ4n) is 3.26. The van der Waals surface area contributed by atoms with Crippen molar-refractivity contribution in [2.24, 2.45) is 5.92 Å². The summed E-state index contributed by atoms with van der Waals surface area (Å²) in [4.78, 5) is 4.24. The summed E-state index contributed by atoms with van der Waals surface area (Å²) in [6.45, 7) is 4.57. The van der Waals surface area contributed by atoms with E-state index < -0.39 is 0 Å². The van der Waals surface area contributed by atoms with Crippen molar-refractivity contribution in [3.05, 3.63) is 54.6 Å². The summed E-state index contributed by atoms with van der Waals surface area (Å²) in [5, 5.41) is 0. The molecule has 2 unspecified atom stereocenters. The molecule has 2 heteroatoms. The van der Waals surface area contributed by atoms with E-state index in [1.807, 2.05) is 12.5 Å². The molecule has 2 atom stereocenters. The molecule has 0 aliphatic rings. The lowest BCUT2D eigenvalue weighted by molar-refractivity contribution is 0.291. The molecular weight excluding hydrogens is 256 g/mol. The zero-order valence-corrected chi connectivity index (χ0v) is 13.4. The predicted octanol–water partition coefficient (Wildman–Crippen LogP) is 5.27. The van der Waals surface area contributed by atoms with Gasteiger partial charge >= 0.3 is 0 Å². The van der Waals surface area contributed by atoms with Crippen molar-refractivity contribution in [3.8, 4) is 0 Å². The van der Waals surface area contributed by atoms with Crippen molar-refractivity contribution >= 4 is 0 Å². The Labute approximate surface area is 129 Å². The van der Waals surface area contributed by atoms with Crippen LogP contribution in [-0.2, 0) is 6.42 Å². The Kier molecular flexibility index (Phi) is 6.52. The minimum absolute atomic E-state index is 0.560. The maximum absolute atomic E-state index is 4.24. The fourth-order valence-corrected chi connectivity index (χ4v) is 3.26. The van der Waals surface area contributed by atoms with Gasteiger partial charge in [0.25, 0.3) is 0 Å². The minimum atomic E-state index is 0.560. The van der Waals surface area contributed by atoms with Crippen LogP contribution in [0.5, 0.6) is 0 Å². The van der Waals surface area contributed by atoms with Crippen molar-refractivity contribution in [2.45, 2.75) is 58.4 Å². The third-order valence-electron chi connectivity index (χ3n) is 4.39. The highest BCUT2D eigenvalue weighted by atomic mass is 15.1. The molecule has 2 aromatic rings. The van der Waals surface area contributed by atoms with Crippen molar-refractivity contribution in [3.63, 3.8) is 0 Å². The van der Waals surface area contributed by atoms with Crippen molar-refractivity contribution in [2.75, 3.05) is 0 Å². The Morgan fingerprint density at radius 1 is 1.10 bits per heavy atom. The van der Waals surface area contributed by atoms with Crippen LogP contribution in [0.4, 0.5) is 0 Å². The van der Waals surface area contributed by atoms with E-state index in [0.29, 0.717) is 12.0 Å². The normalized spacial score (nSPS) is 14.0. The first-order valence-electron chi connectivity index (χ1n) is 8.36. The zero-order chi connectivity index (χ0) is 14.9. The molecule has 0 fully saturated rings. The molecule has 0 aliphatic carbocycles. The van der Waals surface area contributed by atoms with Crippen LogP contribution in [0.3, 0.4) is 0 Å². The average molecular weight is 284 g/mol. The molecule has 0 saturated carbocycles. The van der Waals surface area contributed by atoms with E-state index in [-0.39, 0.29) is 0 Å². The molecule has 1 aromatic heterocycles. The van der Waals surface area contributed by atoms with Crippen molar-refractivity contribution < 1.29 is 0 Å². The molecule has 114 valence electrons. The van der Waals surface area contributed by atoms with Gasteiger partial charge in [-0.05, 0) is 30.7 Å². The fraction of sp³-hybridized carbons (Fsp3) is 0.526. The summed E-state index contributed by atoms with van der Waals surface area (Å²) >= 11 is 0. The maximum atomic E-state index is 4.24. The van der Waals surface area contributed by atoms with Crippen LogP contribution < -0.4 is 0 Å². The lowest BCUT2D eigenvalue weighted by Gasteiger charge is -2.28. The average Bonchev–Trinajstić information content (AvgIpc) is 3.03. The predicted molar refractivity (Wildman–Crippen MR) is 89.3 cm³/mol. The van der Waals surface area contributed by atoms with Crippen LogP contribution in [0.1, 0.15) is 57.6 Å². The molecule has 2 nitrogen and oxygen atoms in total. The van der Waals surface area contributed by atoms with Gasteiger partial charge in [0.15, 0.2) is 0 Å². The molecular formula is C19H28N2. The van der Waals surface area contributed by atoms with Crippen molar-refractivity contribution in [1.29, 1.82) is 0 Å². The van der Waals surface area contributed by atoms with Gasteiger partial charge in [0, 0.05) is 18.4 Å². The molecule has 0 spiro atoms. The number of rotatable bonds is 9. The molecule has 0 saturated heterocycles. The van der Waals surface area contributed by atoms with E-state index in [1.165, 1.54) is 44.1 Å². The monoisotopic (exact) mass is 284 g/mol. The Morgan fingerprint density at radius 3 is 2.52 bits per heavy atom. The maximum Gasteiger partial charge on any atom is 0.0948 e. The largest absolute Gasteiger partial charge is 0.334 e. The summed E-state index contributed by atoms with van der Waals surface area (Å²) in [6.07, 6.45) is 13.6. The van der Waals surface area contributed by atoms with Gasteiger partial charge < -0.3 is 4.57 Å².